The number of hydrogen-bond acceptors (Lipinski definition) is 3. The van der Waals surface area contributed by atoms with Crippen LogP contribution in [0.4, 0.5) is 10.1 Å². The maximum absolute atomic E-state index is 13.6. The van der Waals surface area contributed by atoms with Crippen LogP contribution in [0.25, 0.3) is 0 Å². The molecular weight excluding hydrogens is 309 g/mol. The van der Waals surface area contributed by atoms with Gasteiger partial charge in [-0.25, -0.2) is 4.39 Å². The van der Waals surface area contributed by atoms with Gasteiger partial charge in [0.2, 0.25) is 0 Å². The van der Waals surface area contributed by atoms with E-state index in [-0.39, 0.29) is 11.6 Å². The van der Waals surface area contributed by atoms with E-state index >= 15 is 0 Å². The van der Waals surface area contributed by atoms with E-state index in [0.29, 0.717) is 17.7 Å². The summed E-state index contributed by atoms with van der Waals surface area (Å²) in [7, 11) is 3.83. The summed E-state index contributed by atoms with van der Waals surface area (Å²) in [5, 5.41) is 5.28. The molecule has 126 valence electrons. The molecule has 0 fully saturated rings. The number of carbonyl (C=O) groups excluding carboxylic acids is 2. The van der Waals surface area contributed by atoms with Gasteiger partial charge in [-0.3, -0.25) is 9.59 Å². The molecule has 2 aromatic rings. The molecule has 0 aromatic heterocycles. The third kappa shape index (κ3) is 4.89. The predicted octanol–water partition coefficient (Wildman–Crippen LogP) is 2.37. The number of nitrogens with one attached hydrogen (secondary N) is 2. The summed E-state index contributed by atoms with van der Waals surface area (Å²) in [6, 6.07) is 12.2. The lowest BCUT2D eigenvalue weighted by Crippen LogP contribution is -2.31. The number of hydrogen-bond donors (Lipinski definition) is 2. The van der Waals surface area contributed by atoms with Gasteiger partial charge in [0.05, 0.1) is 5.69 Å². The normalized spacial score (nSPS) is 10.5. The molecule has 0 aliphatic heterocycles. The molecule has 0 saturated heterocycles. The highest BCUT2D eigenvalue weighted by Crippen LogP contribution is 2.14. The van der Waals surface area contributed by atoms with Gasteiger partial charge in [-0.05, 0) is 44.4 Å². The van der Waals surface area contributed by atoms with Crippen LogP contribution in [0.15, 0.2) is 48.5 Å². The van der Waals surface area contributed by atoms with Crippen LogP contribution in [0.5, 0.6) is 0 Å². The standard InChI is InChI=1S/C18H20FN3O2/c1-22(2)11-10-20-17(23)13-6-5-7-14(12-13)18(24)21-16-9-4-3-8-15(16)19/h3-9,12H,10-11H2,1-2H3,(H,20,23)(H,21,24). The lowest BCUT2D eigenvalue weighted by molar-refractivity contribution is 0.0951. The minimum absolute atomic E-state index is 0.100. The minimum atomic E-state index is -0.511. The van der Waals surface area contributed by atoms with E-state index in [1.165, 1.54) is 18.2 Å². The topological polar surface area (TPSA) is 61.4 Å². The van der Waals surface area contributed by atoms with Gasteiger partial charge in [-0.15, -0.1) is 0 Å². The zero-order valence-corrected chi connectivity index (χ0v) is 13.7. The average molecular weight is 329 g/mol. The van der Waals surface area contributed by atoms with Crippen LogP contribution in [0, 0.1) is 5.82 Å². The van der Waals surface area contributed by atoms with E-state index in [1.54, 1.807) is 30.3 Å². The first-order chi connectivity index (χ1) is 11.5. The number of para-hydroxylation sites is 1. The molecule has 24 heavy (non-hydrogen) atoms. The molecule has 0 bridgehead atoms. The van der Waals surface area contributed by atoms with Crippen LogP contribution in [0.3, 0.4) is 0 Å². The largest absolute Gasteiger partial charge is 0.351 e. The van der Waals surface area contributed by atoms with Crippen LogP contribution in [-0.2, 0) is 0 Å². The van der Waals surface area contributed by atoms with Crippen molar-refractivity contribution in [3.05, 3.63) is 65.5 Å². The Morgan fingerprint density at radius 3 is 2.33 bits per heavy atom. The van der Waals surface area contributed by atoms with Crippen LogP contribution in [0.1, 0.15) is 20.7 Å². The summed E-state index contributed by atoms with van der Waals surface area (Å²) in [5.74, 6) is -1.23. The first-order valence-corrected chi connectivity index (χ1v) is 7.56. The van der Waals surface area contributed by atoms with E-state index < -0.39 is 11.7 Å². The smallest absolute Gasteiger partial charge is 0.255 e. The van der Waals surface area contributed by atoms with E-state index in [2.05, 4.69) is 10.6 Å². The molecule has 0 aliphatic rings. The van der Waals surface area contributed by atoms with Crippen molar-refractivity contribution in [2.75, 3.05) is 32.5 Å². The number of rotatable bonds is 6. The summed E-state index contributed by atoms with van der Waals surface area (Å²) in [5.41, 5.74) is 0.775. The highest BCUT2D eigenvalue weighted by Gasteiger charge is 2.12. The summed E-state index contributed by atoms with van der Waals surface area (Å²) >= 11 is 0. The number of halogens is 1. The first kappa shape index (κ1) is 17.6. The van der Waals surface area contributed by atoms with Gasteiger partial charge in [0, 0.05) is 24.2 Å². The maximum Gasteiger partial charge on any atom is 0.255 e. The lowest BCUT2D eigenvalue weighted by Gasteiger charge is -2.11. The third-order valence-electron chi connectivity index (χ3n) is 3.35. The van der Waals surface area contributed by atoms with Crippen LogP contribution in [-0.4, -0.2) is 43.9 Å². The fourth-order valence-electron chi connectivity index (χ4n) is 2.05. The Morgan fingerprint density at radius 1 is 1.00 bits per heavy atom. The number of carbonyl (C=O) groups is 2. The summed E-state index contributed by atoms with van der Waals surface area (Å²) in [6.45, 7) is 1.23. The van der Waals surface area contributed by atoms with Crippen molar-refractivity contribution < 1.29 is 14.0 Å². The quantitative estimate of drug-likeness (QED) is 0.855. The molecule has 6 heteroatoms. The average Bonchev–Trinajstić information content (AvgIpc) is 2.56. The Bertz CT molecular complexity index is 732. The van der Waals surface area contributed by atoms with Crippen molar-refractivity contribution in [1.82, 2.24) is 10.2 Å². The van der Waals surface area contributed by atoms with Gasteiger partial charge in [0.15, 0.2) is 0 Å². The van der Waals surface area contributed by atoms with Crippen molar-refractivity contribution in [3.8, 4) is 0 Å². The second-order valence-corrected chi connectivity index (χ2v) is 5.57. The zero-order valence-electron chi connectivity index (χ0n) is 13.7. The van der Waals surface area contributed by atoms with Crippen molar-refractivity contribution in [1.29, 1.82) is 0 Å². The Morgan fingerprint density at radius 2 is 1.67 bits per heavy atom. The molecular formula is C18H20FN3O2. The van der Waals surface area contributed by atoms with Gasteiger partial charge in [0.1, 0.15) is 5.82 Å². The number of nitrogens with zero attached hydrogens (tertiary/aromatic N) is 1. The fourth-order valence-corrected chi connectivity index (χ4v) is 2.05. The Kier molecular flexibility index (Phi) is 6.03. The van der Waals surface area contributed by atoms with Gasteiger partial charge in [0.25, 0.3) is 11.8 Å². The van der Waals surface area contributed by atoms with Gasteiger partial charge >= 0.3 is 0 Å². The molecule has 0 aliphatic carbocycles. The summed E-state index contributed by atoms with van der Waals surface area (Å²) in [6.07, 6.45) is 0. The van der Waals surface area contributed by atoms with Gasteiger partial charge in [-0.1, -0.05) is 18.2 Å². The molecule has 2 rings (SSSR count). The molecule has 0 unspecified atom stereocenters. The molecule has 2 aromatic carbocycles. The Hall–Kier alpha value is -2.73. The SMILES string of the molecule is CN(C)CCNC(=O)c1cccc(C(=O)Nc2ccccc2F)c1. The Balaban J connectivity index is 2.05. The zero-order chi connectivity index (χ0) is 17.5. The molecule has 0 radical (unpaired) electrons. The molecule has 0 saturated carbocycles. The fraction of sp³-hybridized carbons (Fsp3) is 0.222. The molecule has 0 atom stereocenters. The molecule has 2 N–H and O–H groups in total. The van der Waals surface area contributed by atoms with Crippen LogP contribution < -0.4 is 10.6 Å². The number of benzene rings is 2. The van der Waals surface area contributed by atoms with Crippen molar-refractivity contribution in [2.24, 2.45) is 0 Å². The lowest BCUT2D eigenvalue weighted by atomic mass is 10.1. The third-order valence-corrected chi connectivity index (χ3v) is 3.35. The van der Waals surface area contributed by atoms with Crippen molar-refractivity contribution in [3.63, 3.8) is 0 Å². The van der Waals surface area contributed by atoms with Crippen molar-refractivity contribution in [2.45, 2.75) is 0 Å². The minimum Gasteiger partial charge on any atom is -0.351 e. The molecule has 2 amide bonds. The second kappa shape index (κ2) is 8.21. The number of amides is 2. The first-order valence-electron chi connectivity index (χ1n) is 7.56. The Labute approximate surface area is 140 Å². The predicted molar refractivity (Wildman–Crippen MR) is 91.7 cm³/mol. The maximum atomic E-state index is 13.6. The number of anilines is 1. The highest BCUT2D eigenvalue weighted by atomic mass is 19.1. The van der Waals surface area contributed by atoms with Crippen LogP contribution in [0.2, 0.25) is 0 Å². The van der Waals surface area contributed by atoms with E-state index in [4.69, 9.17) is 0 Å². The van der Waals surface area contributed by atoms with Gasteiger partial charge in [-0.2, -0.15) is 0 Å². The van der Waals surface area contributed by atoms with E-state index in [0.717, 1.165) is 6.54 Å². The molecule has 5 nitrogen and oxygen atoms in total. The van der Waals surface area contributed by atoms with Gasteiger partial charge < -0.3 is 15.5 Å². The van der Waals surface area contributed by atoms with E-state index in [9.17, 15) is 14.0 Å². The monoisotopic (exact) mass is 329 g/mol. The molecule has 0 spiro atoms. The highest BCUT2D eigenvalue weighted by molar-refractivity contribution is 6.06. The molecule has 0 heterocycles. The summed E-state index contributed by atoms with van der Waals surface area (Å²) in [4.78, 5) is 26.3. The van der Waals surface area contributed by atoms with Crippen LogP contribution >= 0.6 is 0 Å². The van der Waals surface area contributed by atoms with Crippen molar-refractivity contribution >= 4 is 17.5 Å². The number of likely N-dealkylation sites (N-methyl/N-ethyl adjacent to an activating group) is 1. The summed E-state index contributed by atoms with van der Waals surface area (Å²) < 4.78 is 13.6. The second-order valence-electron chi connectivity index (χ2n) is 5.57. The van der Waals surface area contributed by atoms with E-state index in [1.807, 2.05) is 19.0 Å².